The lowest BCUT2D eigenvalue weighted by molar-refractivity contribution is -0.192. The average Bonchev–Trinajstić information content (AvgIpc) is 3.16. The lowest BCUT2D eigenvalue weighted by Gasteiger charge is -2.26. The third-order valence-corrected chi connectivity index (χ3v) is 4.62. The molecule has 0 spiro atoms. The van der Waals surface area contributed by atoms with Crippen molar-refractivity contribution in [2.24, 2.45) is 0 Å². The molecule has 3 N–H and O–H groups in total. The molecule has 0 aliphatic carbocycles. The highest BCUT2D eigenvalue weighted by molar-refractivity contribution is 6.05. The number of carboxylic acid groups (broad SMARTS) is 1. The summed E-state index contributed by atoms with van der Waals surface area (Å²) in [6.07, 6.45) is -3.69. The standard InChI is InChI=1S/C18H17N3O2.C2HF3O2/c22-17-8-10-21(18(23)20-17)15-4-1-12(2-5-15)13-3-6-16-14(11-13)7-9-19-16;3-2(4,5)1(6)7/h1-6,11,19H,7-10H2,(H,20,22,23);(H,6,7). The molecule has 0 bridgehead atoms. The lowest BCUT2D eigenvalue weighted by atomic mass is 10.0. The Hall–Kier alpha value is -3.56. The monoisotopic (exact) mass is 421 g/mol. The summed E-state index contributed by atoms with van der Waals surface area (Å²) >= 11 is 0. The Bertz CT molecular complexity index is 974. The maximum atomic E-state index is 11.9. The van der Waals surface area contributed by atoms with Gasteiger partial charge in [0, 0.05) is 30.9 Å². The SMILES string of the molecule is O=C(O)C(F)(F)F.O=C1CCN(c2ccc(-c3ccc4c(c3)CCN4)cc2)C(=O)N1. The number of carboxylic acids is 1. The van der Waals surface area contributed by atoms with Crippen LogP contribution in [0.3, 0.4) is 0 Å². The number of anilines is 2. The first-order valence-electron chi connectivity index (χ1n) is 9.04. The molecular formula is C20H18F3N3O4. The van der Waals surface area contributed by atoms with Gasteiger partial charge in [-0.3, -0.25) is 15.0 Å². The number of carbonyl (C=O) groups is 3. The number of fused-ring (bicyclic) bond motifs is 1. The van der Waals surface area contributed by atoms with E-state index in [1.165, 1.54) is 16.8 Å². The van der Waals surface area contributed by atoms with Gasteiger partial charge in [-0.1, -0.05) is 18.2 Å². The summed E-state index contributed by atoms with van der Waals surface area (Å²) in [6, 6.07) is 14.0. The van der Waals surface area contributed by atoms with E-state index in [0.29, 0.717) is 13.0 Å². The molecule has 0 unspecified atom stereocenters. The molecule has 3 amide bonds. The van der Waals surface area contributed by atoms with Crippen LogP contribution < -0.4 is 15.5 Å². The summed E-state index contributed by atoms with van der Waals surface area (Å²) in [7, 11) is 0. The number of imide groups is 1. The number of rotatable bonds is 2. The summed E-state index contributed by atoms with van der Waals surface area (Å²) < 4.78 is 31.7. The summed E-state index contributed by atoms with van der Waals surface area (Å²) in [6.45, 7) is 1.43. The van der Waals surface area contributed by atoms with E-state index in [1.807, 2.05) is 24.3 Å². The highest BCUT2D eigenvalue weighted by atomic mass is 19.4. The Kier molecular flexibility index (Phi) is 5.95. The molecule has 1 saturated heterocycles. The Balaban J connectivity index is 0.000000318. The number of carbonyl (C=O) groups excluding carboxylic acids is 2. The largest absolute Gasteiger partial charge is 0.490 e. The molecule has 0 radical (unpaired) electrons. The summed E-state index contributed by atoms with van der Waals surface area (Å²) in [5.41, 5.74) is 5.68. The second-order valence-electron chi connectivity index (χ2n) is 6.65. The van der Waals surface area contributed by atoms with Gasteiger partial charge < -0.3 is 10.4 Å². The summed E-state index contributed by atoms with van der Waals surface area (Å²) in [5, 5.41) is 12.8. The Morgan fingerprint density at radius 3 is 2.23 bits per heavy atom. The van der Waals surface area contributed by atoms with Gasteiger partial charge >= 0.3 is 18.2 Å². The molecule has 7 nitrogen and oxygen atoms in total. The van der Waals surface area contributed by atoms with E-state index in [0.717, 1.165) is 24.2 Å². The van der Waals surface area contributed by atoms with Gasteiger partial charge in [0.2, 0.25) is 5.91 Å². The van der Waals surface area contributed by atoms with Gasteiger partial charge in [0.25, 0.3) is 0 Å². The smallest absolute Gasteiger partial charge is 0.475 e. The molecule has 30 heavy (non-hydrogen) atoms. The first-order chi connectivity index (χ1) is 14.1. The van der Waals surface area contributed by atoms with Gasteiger partial charge in [0.1, 0.15) is 0 Å². The first-order valence-corrected chi connectivity index (χ1v) is 9.04. The van der Waals surface area contributed by atoms with Crippen molar-refractivity contribution in [3.63, 3.8) is 0 Å². The minimum absolute atomic E-state index is 0.213. The van der Waals surface area contributed by atoms with Crippen LogP contribution in [0, 0.1) is 0 Å². The zero-order valence-corrected chi connectivity index (χ0v) is 15.6. The number of hydrogen-bond acceptors (Lipinski definition) is 4. The quantitative estimate of drug-likeness (QED) is 0.690. The molecule has 0 atom stereocenters. The van der Waals surface area contributed by atoms with Gasteiger partial charge in [0.05, 0.1) is 0 Å². The van der Waals surface area contributed by atoms with E-state index in [4.69, 9.17) is 9.90 Å². The van der Waals surface area contributed by atoms with Crippen molar-refractivity contribution in [1.29, 1.82) is 0 Å². The van der Waals surface area contributed by atoms with Crippen molar-refractivity contribution in [1.82, 2.24) is 5.32 Å². The van der Waals surface area contributed by atoms with Crippen LogP contribution in [0.4, 0.5) is 29.3 Å². The second kappa shape index (κ2) is 8.44. The van der Waals surface area contributed by atoms with E-state index >= 15 is 0 Å². The van der Waals surface area contributed by atoms with Crippen LogP contribution in [0.15, 0.2) is 42.5 Å². The molecule has 0 saturated carbocycles. The molecule has 1 fully saturated rings. The van der Waals surface area contributed by atoms with Crippen molar-refractivity contribution >= 4 is 29.3 Å². The number of aliphatic carboxylic acids is 1. The Morgan fingerprint density at radius 2 is 1.63 bits per heavy atom. The number of urea groups is 1. The zero-order valence-electron chi connectivity index (χ0n) is 15.6. The number of alkyl halides is 3. The molecule has 2 aliphatic rings. The van der Waals surface area contributed by atoms with E-state index < -0.39 is 12.1 Å². The minimum Gasteiger partial charge on any atom is -0.475 e. The number of hydrogen-bond donors (Lipinski definition) is 3. The summed E-state index contributed by atoms with van der Waals surface area (Å²) in [4.78, 5) is 33.6. The van der Waals surface area contributed by atoms with Crippen molar-refractivity contribution in [2.45, 2.75) is 19.0 Å². The van der Waals surface area contributed by atoms with E-state index in [1.54, 1.807) is 4.90 Å². The van der Waals surface area contributed by atoms with Gasteiger partial charge in [-0.2, -0.15) is 13.2 Å². The number of halogens is 3. The van der Waals surface area contributed by atoms with Gasteiger partial charge in [-0.25, -0.2) is 9.59 Å². The first kappa shape index (κ1) is 21.2. The maximum absolute atomic E-state index is 11.9. The summed E-state index contributed by atoms with van der Waals surface area (Å²) in [5.74, 6) is -2.97. The van der Waals surface area contributed by atoms with Crippen LogP contribution in [0.25, 0.3) is 11.1 Å². The highest BCUT2D eigenvalue weighted by Crippen LogP contribution is 2.30. The minimum atomic E-state index is -5.08. The third-order valence-electron chi connectivity index (χ3n) is 4.62. The number of amides is 3. The van der Waals surface area contributed by atoms with Crippen molar-refractivity contribution in [3.05, 3.63) is 48.0 Å². The van der Waals surface area contributed by atoms with E-state index in [-0.39, 0.29) is 11.9 Å². The molecule has 10 heteroatoms. The fourth-order valence-corrected chi connectivity index (χ4v) is 3.13. The van der Waals surface area contributed by atoms with Crippen molar-refractivity contribution < 1.29 is 32.7 Å². The molecular weight excluding hydrogens is 403 g/mol. The van der Waals surface area contributed by atoms with Crippen LogP contribution >= 0.6 is 0 Å². The second-order valence-corrected chi connectivity index (χ2v) is 6.65. The van der Waals surface area contributed by atoms with Crippen LogP contribution in [-0.2, 0) is 16.0 Å². The molecule has 2 aromatic rings. The molecule has 2 aliphatic heterocycles. The average molecular weight is 421 g/mol. The Morgan fingerprint density at radius 1 is 1.00 bits per heavy atom. The molecule has 158 valence electrons. The lowest BCUT2D eigenvalue weighted by Crippen LogP contribution is -2.49. The van der Waals surface area contributed by atoms with E-state index in [9.17, 15) is 22.8 Å². The molecule has 2 heterocycles. The third kappa shape index (κ3) is 4.88. The highest BCUT2D eigenvalue weighted by Gasteiger charge is 2.38. The van der Waals surface area contributed by atoms with Gasteiger partial charge in [-0.05, 0) is 47.4 Å². The van der Waals surface area contributed by atoms with Gasteiger partial charge in [-0.15, -0.1) is 0 Å². The van der Waals surface area contributed by atoms with E-state index in [2.05, 4.69) is 28.8 Å². The molecule has 0 aromatic heterocycles. The topological polar surface area (TPSA) is 98.7 Å². The zero-order chi connectivity index (χ0) is 21.9. The predicted octanol–water partition coefficient (Wildman–Crippen LogP) is 3.40. The van der Waals surface area contributed by atoms with Crippen molar-refractivity contribution in [2.75, 3.05) is 23.3 Å². The Labute approximate surface area is 169 Å². The van der Waals surface area contributed by atoms with Crippen LogP contribution in [0.1, 0.15) is 12.0 Å². The fraction of sp³-hybridized carbons (Fsp3) is 0.250. The predicted molar refractivity (Wildman–Crippen MR) is 103 cm³/mol. The van der Waals surface area contributed by atoms with Crippen LogP contribution in [0.2, 0.25) is 0 Å². The maximum Gasteiger partial charge on any atom is 0.490 e. The number of nitrogens with zero attached hydrogens (tertiary/aromatic N) is 1. The fourth-order valence-electron chi connectivity index (χ4n) is 3.13. The molecule has 2 aromatic carbocycles. The van der Waals surface area contributed by atoms with Crippen LogP contribution in [0.5, 0.6) is 0 Å². The van der Waals surface area contributed by atoms with Gasteiger partial charge in [0.15, 0.2) is 0 Å². The normalized spacial score (nSPS) is 15.5. The van der Waals surface area contributed by atoms with Crippen LogP contribution in [-0.4, -0.2) is 42.3 Å². The number of benzene rings is 2. The van der Waals surface area contributed by atoms with Crippen molar-refractivity contribution in [3.8, 4) is 11.1 Å². The molecule has 4 rings (SSSR count). The number of nitrogens with one attached hydrogen (secondary N) is 2.